The molecule has 0 unspecified atom stereocenters. The van der Waals surface area contributed by atoms with E-state index in [1.165, 1.54) is 12.1 Å². The quantitative estimate of drug-likeness (QED) is 0.901. The SMILES string of the molecule is CN(C)c1nc(N)nc(-c2ccc(Cl)cc2F)n1. The summed E-state index contributed by atoms with van der Waals surface area (Å²) >= 11 is 5.69. The lowest BCUT2D eigenvalue weighted by atomic mass is 10.2. The zero-order valence-electron chi connectivity index (χ0n) is 9.85. The molecule has 0 radical (unpaired) electrons. The molecule has 0 saturated heterocycles. The third-order valence-corrected chi connectivity index (χ3v) is 2.45. The molecular weight excluding hydrogens is 257 g/mol. The maximum absolute atomic E-state index is 13.8. The summed E-state index contributed by atoms with van der Waals surface area (Å²) in [5, 5.41) is 0.311. The van der Waals surface area contributed by atoms with Crippen LogP contribution in [0.4, 0.5) is 16.3 Å². The molecule has 0 aliphatic carbocycles. The summed E-state index contributed by atoms with van der Waals surface area (Å²) in [6, 6.07) is 4.27. The Labute approximate surface area is 108 Å². The van der Waals surface area contributed by atoms with E-state index >= 15 is 0 Å². The monoisotopic (exact) mass is 267 g/mol. The highest BCUT2D eigenvalue weighted by Crippen LogP contribution is 2.23. The van der Waals surface area contributed by atoms with E-state index in [0.717, 1.165) is 0 Å². The highest BCUT2D eigenvalue weighted by molar-refractivity contribution is 6.30. The van der Waals surface area contributed by atoms with Crippen LogP contribution in [-0.2, 0) is 0 Å². The minimum atomic E-state index is -0.502. The van der Waals surface area contributed by atoms with Gasteiger partial charge in [0.1, 0.15) is 5.82 Å². The normalized spacial score (nSPS) is 10.4. The molecule has 0 bridgehead atoms. The average molecular weight is 268 g/mol. The fourth-order valence-electron chi connectivity index (χ4n) is 1.37. The Balaban J connectivity index is 2.56. The van der Waals surface area contributed by atoms with Crippen molar-refractivity contribution in [2.45, 2.75) is 0 Å². The van der Waals surface area contributed by atoms with Crippen molar-refractivity contribution in [3.05, 3.63) is 29.0 Å². The van der Waals surface area contributed by atoms with E-state index in [1.54, 1.807) is 25.1 Å². The van der Waals surface area contributed by atoms with Gasteiger partial charge in [-0.2, -0.15) is 15.0 Å². The zero-order valence-corrected chi connectivity index (χ0v) is 10.6. The second-order valence-corrected chi connectivity index (χ2v) is 4.27. The summed E-state index contributed by atoms with van der Waals surface area (Å²) in [7, 11) is 3.52. The van der Waals surface area contributed by atoms with Gasteiger partial charge in [0.05, 0.1) is 5.56 Å². The fraction of sp³-hybridized carbons (Fsp3) is 0.182. The molecule has 0 aliphatic rings. The predicted octanol–water partition coefficient (Wildman–Crippen LogP) is 1.98. The summed E-state index contributed by atoms with van der Waals surface area (Å²) in [4.78, 5) is 13.7. The minimum absolute atomic E-state index is 0.0399. The Hall–Kier alpha value is -1.95. The summed E-state index contributed by atoms with van der Waals surface area (Å²) in [6.45, 7) is 0. The van der Waals surface area contributed by atoms with Crippen LogP contribution in [0, 0.1) is 5.82 Å². The number of nitrogens with two attached hydrogens (primary N) is 1. The van der Waals surface area contributed by atoms with E-state index in [4.69, 9.17) is 17.3 Å². The van der Waals surface area contributed by atoms with E-state index in [0.29, 0.717) is 11.0 Å². The molecule has 1 heterocycles. The van der Waals surface area contributed by atoms with Gasteiger partial charge in [-0.05, 0) is 18.2 Å². The topological polar surface area (TPSA) is 67.9 Å². The van der Waals surface area contributed by atoms with E-state index in [-0.39, 0.29) is 17.3 Å². The highest BCUT2D eigenvalue weighted by atomic mass is 35.5. The first-order chi connectivity index (χ1) is 8.47. The molecule has 5 nitrogen and oxygen atoms in total. The fourth-order valence-corrected chi connectivity index (χ4v) is 1.53. The molecule has 0 atom stereocenters. The van der Waals surface area contributed by atoms with Gasteiger partial charge in [-0.25, -0.2) is 4.39 Å². The predicted molar refractivity (Wildman–Crippen MR) is 69.0 cm³/mol. The number of benzene rings is 1. The van der Waals surface area contributed by atoms with Crippen molar-refractivity contribution in [3.8, 4) is 11.4 Å². The smallest absolute Gasteiger partial charge is 0.230 e. The van der Waals surface area contributed by atoms with Crippen LogP contribution >= 0.6 is 11.6 Å². The van der Waals surface area contributed by atoms with Gasteiger partial charge in [0, 0.05) is 19.1 Å². The molecule has 0 spiro atoms. The van der Waals surface area contributed by atoms with E-state index in [9.17, 15) is 4.39 Å². The Morgan fingerprint density at radius 3 is 2.56 bits per heavy atom. The summed E-state index contributed by atoms with van der Waals surface area (Å²) in [6.07, 6.45) is 0. The number of halogens is 2. The Morgan fingerprint density at radius 1 is 1.22 bits per heavy atom. The lowest BCUT2D eigenvalue weighted by Crippen LogP contribution is -2.15. The largest absolute Gasteiger partial charge is 0.368 e. The van der Waals surface area contributed by atoms with Gasteiger partial charge in [0.25, 0.3) is 0 Å². The molecule has 94 valence electrons. The number of hydrogen-bond acceptors (Lipinski definition) is 5. The van der Waals surface area contributed by atoms with Crippen LogP contribution in [0.25, 0.3) is 11.4 Å². The van der Waals surface area contributed by atoms with E-state index < -0.39 is 5.82 Å². The molecule has 0 aliphatic heterocycles. The van der Waals surface area contributed by atoms with Gasteiger partial charge in [-0.3, -0.25) is 0 Å². The van der Waals surface area contributed by atoms with Crippen LogP contribution in [-0.4, -0.2) is 29.0 Å². The van der Waals surface area contributed by atoms with Gasteiger partial charge >= 0.3 is 0 Å². The van der Waals surface area contributed by atoms with Gasteiger partial charge in [-0.1, -0.05) is 11.6 Å². The van der Waals surface area contributed by atoms with Gasteiger partial charge < -0.3 is 10.6 Å². The Morgan fingerprint density at radius 2 is 1.94 bits per heavy atom. The lowest BCUT2D eigenvalue weighted by molar-refractivity contribution is 0.630. The van der Waals surface area contributed by atoms with Gasteiger partial charge in [0.2, 0.25) is 11.9 Å². The first-order valence-electron chi connectivity index (χ1n) is 5.11. The summed E-state index contributed by atoms with van der Waals surface area (Å²) in [5.74, 6) is 0.0862. The van der Waals surface area contributed by atoms with Crippen LogP contribution in [0.5, 0.6) is 0 Å². The molecule has 1 aromatic carbocycles. The van der Waals surface area contributed by atoms with Crippen molar-refractivity contribution in [1.29, 1.82) is 0 Å². The number of anilines is 2. The molecule has 7 heteroatoms. The standard InChI is InChI=1S/C11H11ClFN5/c1-18(2)11-16-9(15-10(14)17-11)7-4-3-6(12)5-8(7)13/h3-5H,1-2H3,(H2,14,15,16,17). The van der Waals surface area contributed by atoms with Crippen LogP contribution in [0.15, 0.2) is 18.2 Å². The Kier molecular flexibility index (Phi) is 3.29. The van der Waals surface area contributed by atoms with Crippen LogP contribution in [0.1, 0.15) is 0 Å². The highest BCUT2D eigenvalue weighted by Gasteiger charge is 2.12. The average Bonchev–Trinajstić information content (AvgIpc) is 2.27. The van der Waals surface area contributed by atoms with Gasteiger partial charge in [-0.15, -0.1) is 0 Å². The van der Waals surface area contributed by atoms with Crippen molar-refractivity contribution in [2.24, 2.45) is 0 Å². The van der Waals surface area contributed by atoms with Gasteiger partial charge in [0.15, 0.2) is 5.82 Å². The van der Waals surface area contributed by atoms with E-state index in [1.807, 2.05) is 0 Å². The molecule has 0 fully saturated rings. The molecule has 18 heavy (non-hydrogen) atoms. The molecule has 2 aromatic rings. The number of nitrogen functional groups attached to an aromatic ring is 1. The number of nitrogens with zero attached hydrogens (tertiary/aromatic N) is 4. The Bertz CT molecular complexity index is 588. The second-order valence-electron chi connectivity index (χ2n) is 3.84. The molecule has 2 N–H and O–H groups in total. The number of hydrogen-bond donors (Lipinski definition) is 1. The number of rotatable bonds is 2. The molecule has 2 rings (SSSR count). The third kappa shape index (κ3) is 2.48. The summed E-state index contributed by atoms with van der Waals surface area (Å²) in [5.41, 5.74) is 5.81. The van der Waals surface area contributed by atoms with Crippen LogP contribution in [0.3, 0.4) is 0 Å². The minimum Gasteiger partial charge on any atom is -0.368 e. The van der Waals surface area contributed by atoms with Crippen molar-refractivity contribution >= 4 is 23.5 Å². The van der Waals surface area contributed by atoms with Crippen molar-refractivity contribution < 1.29 is 4.39 Å². The number of aromatic nitrogens is 3. The van der Waals surface area contributed by atoms with Crippen molar-refractivity contribution in [3.63, 3.8) is 0 Å². The first-order valence-corrected chi connectivity index (χ1v) is 5.49. The molecule has 1 aromatic heterocycles. The lowest BCUT2D eigenvalue weighted by Gasteiger charge is -2.11. The molecule has 0 saturated carbocycles. The maximum atomic E-state index is 13.8. The molecule has 0 amide bonds. The summed E-state index contributed by atoms with van der Waals surface area (Å²) < 4.78 is 13.8. The second kappa shape index (κ2) is 4.73. The van der Waals surface area contributed by atoms with Crippen molar-refractivity contribution in [1.82, 2.24) is 15.0 Å². The van der Waals surface area contributed by atoms with Crippen LogP contribution < -0.4 is 10.6 Å². The van der Waals surface area contributed by atoms with Crippen molar-refractivity contribution in [2.75, 3.05) is 24.7 Å². The first kappa shape index (κ1) is 12.5. The zero-order chi connectivity index (χ0) is 13.3. The van der Waals surface area contributed by atoms with Crippen LogP contribution in [0.2, 0.25) is 5.02 Å². The van der Waals surface area contributed by atoms with E-state index in [2.05, 4.69) is 15.0 Å². The maximum Gasteiger partial charge on any atom is 0.230 e. The molecular formula is C11H11ClFN5. The third-order valence-electron chi connectivity index (χ3n) is 2.21.